The predicted octanol–water partition coefficient (Wildman–Crippen LogP) is -24.7. The smallest absolute Gasteiger partial charge is 0.217 e. The number of carbonyl (C=O) groups is 2. The van der Waals surface area contributed by atoms with Crippen molar-refractivity contribution in [3.63, 3.8) is 0 Å². The second-order valence-corrected chi connectivity index (χ2v) is 32.3. The van der Waals surface area contributed by atoms with E-state index in [4.69, 9.17) is 99.5 Å². The van der Waals surface area contributed by atoms with Crippen molar-refractivity contribution in [2.75, 3.05) is 72.7 Å². The molecule has 11 rings (SSSR count). The summed E-state index contributed by atoms with van der Waals surface area (Å²) in [5, 5.41) is 372. The van der Waals surface area contributed by atoms with Crippen LogP contribution in [0.3, 0.4) is 0 Å². The Hall–Kier alpha value is -3.22. The second-order valence-electron chi connectivity index (χ2n) is 32.3. The number of ether oxygens (including phenoxy) is 21. The molecule has 0 spiro atoms. The van der Waals surface area contributed by atoms with E-state index in [9.17, 15) is 178 Å². The molecular weight excluding hydrogens is 1760 g/mol. The highest BCUT2D eigenvalue weighted by Gasteiger charge is 2.63. The minimum atomic E-state index is -2.67. The lowest BCUT2D eigenvalue weighted by molar-refractivity contribution is -0.412. The minimum Gasteiger partial charge on any atom is -0.394 e. The molecule has 0 aromatic heterocycles. The van der Waals surface area contributed by atoms with Crippen LogP contribution in [0.15, 0.2) is 0 Å². The van der Waals surface area contributed by atoms with Gasteiger partial charge < -0.3 is 279 Å². The van der Waals surface area contributed by atoms with E-state index >= 15 is 0 Å². The van der Waals surface area contributed by atoms with Crippen molar-refractivity contribution in [1.82, 2.24) is 10.6 Å². The van der Waals surface area contributed by atoms with Crippen LogP contribution in [0.25, 0.3) is 0 Å². The maximum Gasteiger partial charge on any atom is 0.217 e. The first-order valence-corrected chi connectivity index (χ1v) is 40.7. The highest BCUT2D eigenvalue weighted by Crippen LogP contribution is 2.42. The van der Waals surface area contributed by atoms with E-state index in [-0.39, 0.29) is 0 Å². The van der Waals surface area contributed by atoms with Crippen molar-refractivity contribution in [2.24, 2.45) is 0 Å². The van der Waals surface area contributed by atoms with Crippen molar-refractivity contribution < 1.29 is 278 Å². The zero-order valence-corrected chi connectivity index (χ0v) is 67.7. The molecule has 55 atom stereocenters. The van der Waals surface area contributed by atoms with Gasteiger partial charge in [0, 0.05) is 13.8 Å². The van der Waals surface area contributed by atoms with Crippen LogP contribution in [-0.4, -0.2) is 591 Å². The van der Waals surface area contributed by atoms with E-state index in [0.717, 1.165) is 13.8 Å². The zero-order valence-electron chi connectivity index (χ0n) is 67.7. The quantitative estimate of drug-likeness (QED) is 0.0290. The molecule has 0 aromatic rings. The molecule has 0 saturated carbocycles. The average Bonchev–Trinajstić information content (AvgIpc) is 0.775. The number of aliphatic hydroxyl groups excluding tert-OH is 33. The Balaban J connectivity index is 0.899. The molecule has 0 bridgehead atoms. The number of aliphatic hydroxyl groups is 33. The molecule has 35 N–H and O–H groups in total. The van der Waals surface area contributed by atoms with Gasteiger partial charge in [0.05, 0.1) is 72.7 Å². The molecule has 11 aliphatic heterocycles. The summed E-state index contributed by atoms with van der Waals surface area (Å²) in [7, 11) is 0. The van der Waals surface area contributed by atoms with Crippen molar-refractivity contribution in [1.29, 1.82) is 0 Å². The van der Waals surface area contributed by atoms with E-state index < -0.39 is 422 Å². The molecule has 0 aromatic carbocycles. The van der Waals surface area contributed by atoms with Gasteiger partial charge in [-0.15, -0.1) is 0 Å². The lowest BCUT2D eigenvalue weighted by Gasteiger charge is -2.51. The number of nitrogens with one attached hydrogen (secondary N) is 2. The van der Waals surface area contributed by atoms with Crippen LogP contribution in [0.5, 0.6) is 0 Å². The van der Waals surface area contributed by atoms with Gasteiger partial charge in [-0.1, -0.05) is 0 Å². The van der Waals surface area contributed by atoms with Crippen LogP contribution in [0.2, 0.25) is 0 Å². The summed E-state index contributed by atoms with van der Waals surface area (Å²) >= 11 is 0. The Morgan fingerprint density at radius 2 is 0.422 bits per heavy atom. The fraction of sp³-hybridized carbons (Fsp3) is 0.971. The van der Waals surface area contributed by atoms with Gasteiger partial charge in [0.1, 0.15) is 268 Å². The lowest BCUT2D eigenvalue weighted by Crippen LogP contribution is -2.70. The Kier molecular flexibility index (Phi) is 37.7. The van der Waals surface area contributed by atoms with E-state index in [1.807, 2.05) is 0 Å². The summed E-state index contributed by atoms with van der Waals surface area (Å²) < 4.78 is 123. The first-order valence-electron chi connectivity index (χ1n) is 40.7. The molecule has 2 amide bonds. The fourth-order valence-corrected chi connectivity index (χ4v) is 16.6. The van der Waals surface area contributed by atoms with Gasteiger partial charge >= 0.3 is 0 Å². The standard InChI is InChI=1S/C70H118N2O56/c1-14(83)71-27-38(94)51(24(11-81)109-60(27)107)120-61-28(72-15(2)84)39(95)52(25(12-82)118-61)121-67-50(106)56(37(93)26(119-67)13-108-62-47(103)53(34(90)21(8-78)110-62)124-68-57(42(98)31(87)18(5-75)115-68)126-64-46(102)41(97)30(86)17(4-74)112-64)125-69-59(44(100)33(89)19(6-76)116-69)128-70-58(43(99)32(88)20(7-77)117-70)127-66-49(105)55(36(92)23(10-80)114-66)123-65-48(104)54(35(91)22(9-79)113-65)122-63-45(101)40(96)29(85)16(3-73)111-63/h16-70,73-82,85-107H,3-13H2,1-2H3,(H,71,83)(H,72,84)/t16-,17-,18-,19-,20-,21-,22-,23-,24-,25-,26-,27-,28-,29-,30-,31-,32-,33-,34-,35-,36-,37-,38-,39-,40+,41+,42+,43+,44+,45-,46+,47+,48-,49+,50+,51-,52-,53+,54+,55+,56+,57+,58+,59+,60?,61+,62+,63-,64-,65-,66-,67+,68-,69-,70-/m1/s1. The molecule has 58 nitrogen and oxygen atoms in total. The van der Waals surface area contributed by atoms with Gasteiger partial charge in [-0.25, -0.2) is 0 Å². The van der Waals surface area contributed by atoms with Crippen LogP contribution in [0, 0.1) is 0 Å². The molecule has 11 aliphatic rings. The molecular formula is C70H118N2O56. The molecule has 11 saturated heterocycles. The lowest BCUT2D eigenvalue weighted by atomic mass is 9.94. The van der Waals surface area contributed by atoms with Crippen LogP contribution in [0.4, 0.5) is 0 Å². The third kappa shape index (κ3) is 22.3. The summed E-state index contributed by atoms with van der Waals surface area (Å²) in [5.41, 5.74) is 0. The van der Waals surface area contributed by atoms with E-state index in [2.05, 4.69) is 10.6 Å². The third-order valence-corrected chi connectivity index (χ3v) is 23.8. The molecule has 1 unspecified atom stereocenters. The first kappa shape index (κ1) is 105. The maximum absolute atomic E-state index is 13.1. The number of carbonyl (C=O) groups excluding carboxylic acids is 2. The molecule has 0 aliphatic carbocycles. The molecule has 0 radical (unpaired) electrons. The summed E-state index contributed by atoms with van der Waals surface area (Å²) in [5.74, 6) is -1.79. The van der Waals surface area contributed by atoms with E-state index in [0.29, 0.717) is 0 Å². The monoisotopic (exact) mass is 1880 g/mol. The normalized spacial score (nSPS) is 51.7. The summed E-state index contributed by atoms with van der Waals surface area (Å²) in [6.07, 6.45) is -116. The van der Waals surface area contributed by atoms with Crippen LogP contribution in [0.1, 0.15) is 13.8 Å². The second kappa shape index (κ2) is 45.8. The summed E-state index contributed by atoms with van der Waals surface area (Å²) in [4.78, 5) is 25.3. The topological polar surface area (TPSA) is 920 Å². The number of hydrogen-bond donors (Lipinski definition) is 35. The fourth-order valence-electron chi connectivity index (χ4n) is 16.6. The Labute approximate surface area is 722 Å². The van der Waals surface area contributed by atoms with Crippen molar-refractivity contribution in [2.45, 2.75) is 351 Å². The highest BCUT2D eigenvalue weighted by molar-refractivity contribution is 5.73. The Bertz CT molecular complexity index is 3390. The molecule has 744 valence electrons. The number of rotatable bonds is 33. The minimum absolute atomic E-state index is 0.814. The molecule has 58 heteroatoms. The molecule has 128 heavy (non-hydrogen) atoms. The van der Waals surface area contributed by atoms with Crippen LogP contribution < -0.4 is 10.6 Å². The molecule has 11 fully saturated rings. The summed E-state index contributed by atoms with van der Waals surface area (Å²) in [6.45, 7) is -10.8. The van der Waals surface area contributed by atoms with Crippen molar-refractivity contribution >= 4 is 11.8 Å². The Morgan fingerprint density at radius 1 is 0.203 bits per heavy atom. The van der Waals surface area contributed by atoms with E-state index in [1.54, 1.807) is 0 Å². The van der Waals surface area contributed by atoms with Gasteiger partial charge in [0.25, 0.3) is 0 Å². The van der Waals surface area contributed by atoms with Gasteiger partial charge in [-0.2, -0.15) is 0 Å². The first-order chi connectivity index (χ1) is 60.7. The Morgan fingerprint density at radius 3 is 0.758 bits per heavy atom. The van der Waals surface area contributed by atoms with Crippen molar-refractivity contribution in [3.8, 4) is 0 Å². The predicted molar refractivity (Wildman–Crippen MR) is 386 cm³/mol. The van der Waals surface area contributed by atoms with Crippen molar-refractivity contribution in [3.05, 3.63) is 0 Å². The summed E-state index contributed by atoms with van der Waals surface area (Å²) in [6, 6.07) is -3.66. The van der Waals surface area contributed by atoms with Crippen LogP contribution in [-0.2, 0) is 109 Å². The van der Waals surface area contributed by atoms with Gasteiger partial charge in [0.15, 0.2) is 69.2 Å². The van der Waals surface area contributed by atoms with Crippen LogP contribution >= 0.6 is 0 Å². The maximum atomic E-state index is 13.1. The molecule has 11 heterocycles. The van der Waals surface area contributed by atoms with Gasteiger partial charge in [-0.05, 0) is 0 Å². The SMILES string of the molecule is CC(=O)N[C@H]1[C@H](O[C@H]2[C@H](O)[C@@H](NC(C)=O)C(O)O[C@@H]2CO)O[C@H](CO)[C@@H](O[C@@H]2O[C@H](CO[C@H]3O[C@H](CO)[C@@H](O)[C@H](O[C@H]4O[C@H](CO)[C@@H](O)[C@H](O)[C@@H]4O[C@H]4O[C@H](CO)[C@@H](O)[C@H](O)[C@@H]4O)[C@@H]3O)[C@@H](O)[C@H](O[C@H]3O[C@H](CO)[C@@H](O)[C@H](O)[C@@H]3O[C@H]3O[C@H](CO)[C@@H](O)[C@H](O)[C@@H]3O[C@H]3O[C@H](CO)[C@@H](O)[C@H](O[C@H]4O[C@H](CO)[C@@H](O)[C@H](O[C@H]5O[C@H](CO)[C@@H](O)[C@H](O)[C@H]5O)[C@H]4O)[C@@H]3O)[C@@H]2O)[C@@H]1O. The average molecular weight is 1880 g/mol. The third-order valence-electron chi connectivity index (χ3n) is 23.8. The number of amides is 2. The van der Waals surface area contributed by atoms with E-state index in [1.165, 1.54) is 0 Å². The van der Waals surface area contributed by atoms with Gasteiger partial charge in [-0.3, -0.25) is 9.59 Å². The number of hydrogen-bond acceptors (Lipinski definition) is 56. The largest absolute Gasteiger partial charge is 0.394 e. The van der Waals surface area contributed by atoms with Gasteiger partial charge in [0.2, 0.25) is 11.8 Å². The zero-order chi connectivity index (χ0) is 94.0. The highest BCUT2D eigenvalue weighted by atomic mass is 16.8.